The molecule has 1 aromatic rings. The molecule has 0 aliphatic carbocycles. The smallest absolute Gasteiger partial charge is 0.410 e. The number of hydrogen-bond donors (Lipinski definition) is 0. The number of fused-ring (bicyclic) bond motifs is 3. The molecule has 3 nitrogen and oxygen atoms in total. The third-order valence-electron chi connectivity index (χ3n) is 3.01. The van der Waals surface area contributed by atoms with Gasteiger partial charge in [-0.3, -0.25) is 4.90 Å². The molecule has 3 heteroatoms. The van der Waals surface area contributed by atoms with Crippen molar-refractivity contribution in [3.8, 4) is 0 Å². The van der Waals surface area contributed by atoms with Crippen LogP contribution in [0.5, 0.6) is 0 Å². The van der Waals surface area contributed by atoms with Crippen LogP contribution in [0.2, 0.25) is 0 Å². The van der Waals surface area contributed by atoms with E-state index in [1.807, 2.05) is 17.0 Å². The van der Waals surface area contributed by atoms with Crippen LogP contribution in [0.4, 0.5) is 4.79 Å². The summed E-state index contributed by atoms with van der Waals surface area (Å²) in [6.45, 7) is 1.30. The number of nitrogens with zero attached hydrogens (tertiary/aromatic N) is 1. The van der Waals surface area contributed by atoms with E-state index in [0.29, 0.717) is 6.61 Å². The van der Waals surface area contributed by atoms with Crippen molar-refractivity contribution < 1.29 is 9.53 Å². The van der Waals surface area contributed by atoms with Crippen LogP contribution in [0.25, 0.3) is 0 Å². The Morgan fingerprint density at radius 3 is 3.14 bits per heavy atom. The van der Waals surface area contributed by atoms with Crippen LogP contribution in [0.1, 0.15) is 17.2 Å². The maximum absolute atomic E-state index is 11.3. The summed E-state index contributed by atoms with van der Waals surface area (Å²) in [7, 11) is 0. The van der Waals surface area contributed by atoms with Gasteiger partial charge in [-0.2, -0.15) is 0 Å². The second-order valence-corrected chi connectivity index (χ2v) is 3.73. The van der Waals surface area contributed by atoms with E-state index in [1.165, 1.54) is 11.1 Å². The topological polar surface area (TPSA) is 29.5 Å². The molecule has 1 aromatic carbocycles. The predicted octanol–water partition coefficient (Wildman–Crippen LogP) is 1.74. The number of carbonyl (C=O) groups is 1. The highest BCUT2D eigenvalue weighted by Gasteiger charge is 2.37. The first-order valence-electron chi connectivity index (χ1n) is 4.87. The van der Waals surface area contributed by atoms with Gasteiger partial charge >= 0.3 is 6.09 Å². The largest absolute Gasteiger partial charge is 0.447 e. The van der Waals surface area contributed by atoms with Gasteiger partial charge in [-0.25, -0.2) is 4.79 Å². The zero-order valence-corrected chi connectivity index (χ0v) is 7.77. The molecule has 0 aromatic heterocycles. The Kier molecular flexibility index (Phi) is 1.54. The van der Waals surface area contributed by atoms with Crippen molar-refractivity contribution in [3.63, 3.8) is 0 Å². The second-order valence-electron chi connectivity index (χ2n) is 3.73. The van der Waals surface area contributed by atoms with Crippen molar-refractivity contribution in [3.05, 3.63) is 35.4 Å². The molecule has 1 atom stereocenters. The highest BCUT2D eigenvalue weighted by molar-refractivity contribution is 5.71. The van der Waals surface area contributed by atoms with Gasteiger partial charge in [0.1, 0.15) is 6.61 Å². The lowest BCUT2D eigenvalue weighted by molar-refractivity contribution is 0.157. The zero-order valence-electron chi connectivity index (χ0n) is 7.77. The molecule has 72 valence electrons. The van der Waals surface area contributed by atoms with Gasteiger partial charge < -0.3 is 4.74 Å². The molecular weight excluding hydrogens is 178 g/mol. The lowest BCUT2D eigenvalue weighted by Crippen LogP contribution is -2.34. The van der Waals surface area contributed by atoms with Crippen molar-refractivity contribution in [1.82, 2.24) is 4.90 Å². The molecule has 1 saturated heterocycles. The first kappa shape index (κ1) is 7.85. The molecule has 1 amide bonds. The molecule has 0 N–H and O–H groups in total. The summed E-state index contributed by atoms with van der Waals surface area (Å²) in [5.41, 5.74) is 2.61. The van der Waals surface area contributed by atoms with Crippen molar-refractivity contribution in [2.75, 3.05) is 13.2 Å². The lowest BCUT2D eigenvalue weighted by Gasteiger charge is -2.28. The van der Waals surface area contributed by atoms with E-state index in [4.69, 9.17) is 4.74 Å². The molecular formula is C11H11NO2. The summed E-state index contributed by atoms with van der Waals surface area (Å²) in [5, 5.41) is 0. The Bertz CT molecular complexity index is 389. The van der Waals surface area contributed by atoms with Crippen molar-refractivity contribution in [1.29, 1.82) is 0 Å². The molecule has 2 aliphatic rings. The van der Waals surface area contributed by atoms with Crippen molar-refractivity contribution in [2.45, 2.75) is 12.5 Å². The van der Waals surface area contributed by atoms with Gasteiger partial charge in [0.25, 0.3) is 0 Å². The summed E-state index contributed by atoms with van der Waals surface area (Å²) in [4.78, 5) is 13.1. The van der Waals surface area contributed by atoms with E-state index < -0.39 is 0 Å². The number of rotatable bonds is 0. The standard InChI is InChI=1S/C11H11NO2/c13-11-12-6-5-8-3-1-2-4-9(8)10(12)7-14-11/h1-4,10H,5-7H2. The fraction of sp³-hybridized carbons (Fsp3) is 0.364. The Labute approximate surface area is 82.3 Å². The minimum absolute atomic E-state index is 0.160. The van der Waals surface area contributed by atoms with Crippen molar-refractivity contribution in [2.24, 2.45) is 0 Å². The minimum atomic E-state index is -0.162. The number of hydrogen-bond acceptors (Lipinski definition) is 2. The average molecular weight is 189 g/mol. The number of cyclic esters (lactones) is 1. The maximum atomic E-state index is 11.3. The van der Waals surface area contributed by atoms with Crippen LogP contribution >= 0.6 is 0 Å². The van der Waals surface area contributed by atoms with Crippen molar-refractivity contribution >= 4 is 6.09 Å². The maximum Gasteiger partial charge on any atom is 0.410 e. The third-order valence-corrected chi connectivity index (χ3v) is 3.01. The molecule has 0 bridgehead atoms. The molecule has 0 spiro atoms. The van der Waals surface area contributed by atoms with E-state index in [2.05, 4.69) is 12.1 Å². The van der Waals surface area contributed by atoms with Crippen LogP contribution in [-0.4, -0.2) is 24.1 Å². The number of benzene rings is 1. The highest BCUT2D eigenvalue weighted by Crippen LogP contribution is 2.33. The van der Waals surface area contributed by atoms with E-state index in [-0.39, 0.29) is 12.1 Å². The highest BCUT2D eigenvalue weighted by atomic mass is 16.6. The predicted molar refractivity (Wildman–Crippen MR) is 50.9 cm³/mol. The number of amides is 1. The molecule has 2 aliphatic heterocycles. The SMILES string of the molecule is O=C1OCC2c3ccccc3CCN12. The normalized spacial score (nSPS) is 24.1. The average Bonchev–Trinajstić information content (AvgIpc) is 2.61. The molecule has 2 heterocycles. The Morgan fingerprint density at radius 1 is 1.36 bits per heavy atom. The van der Waals surface area contributed by atoms with Gasteiger partial charge in [0.15, 0.2) is 0 Å². The van der Waals surface area contributed by atoms with Gasteiger partial charge in [0, 0.05) is 6.54 Å². The van der Waals surface area contributed by atoms with E-state index in [1.54, 1.807) is 0 Å². The van der Waals surface area contributed by atoms with E-state index >= 15 is 0 Å². The van der Waals surface area contributed by atoms with Gasteiger partial charge in [0.2, 0.25) is 0 Å². The molecule has 1 unspecified atom stereocenters. The Balaban J connectivity index is 2.07. The lowest BCUT2D eigenvalue weighted by atomic mass is 9.94. The summed E-state index contributed by atoms with van der Waals surface area (Å²) in [6, 6.07) is 8.45. The van der Waals surface area contributed by atoms with Crippen LogP contribution in [-0.2, 0) is 11.2 Å². The molecule has 1 fully saturated rings. The fourth-order valence-corrected chi connectivity index (χ4v) is 2.28. The number of carbonyl (C=O) groups excluding carboxylic acids is 1. The Hall–Kier alpha value is -1.51. The quantitative estimate of drug-likeness (QED) is 0.622. The van der Waals surface area contributed by atoms with Gasteiger partial charge in [-0.05, 0) is 17.5 Å². The summed E-state index contributed by atoms with van der Waals surface area (Å²) >= 11 is 0. The monoisotopic (exact) mass is 189 g/mol. The molecule has 0 saturated carbocycles. The summed E-state index contributed by atoms with van der Waals surface area (Å²) < 4.78 is 5.04. The summed E-state index contributed by atoms with van der Waals surface area (Å²) in [6.07, 6.45) is 0.784. The first-order valence-corrected chi connectivity index (χ1v) is 4.87. The van der Waals surface area contributed by atoms with Gasteiger partial charge in [0.05, 0.1) is 6.04 Å². The fourth-order valence-electron chi connectivity index (χ4n) is 2.28. The Morgan fingerprint density at radius 2 is 2.21 bits per heavy atom. The number of ether oxygens (including phenoxy) is 1. The van der Waals surface area contributed by atoms with Crippen LogP contribution < -0.4 is 0 Å². The van der Waals surface area contributed by atoms with E-state index in [0.717, 1.165) is 13.0 Å². The van der Waals surface area contributed by atoms with Gasteiger partial charge in [-0.1, -0.05) is 24.3 Å². The van der Waals surface area contributed by atoms with Gasteiger partial charge in [-0.15, -0.1) is 0 Å². The van der Waals surface area contributed by atoms with E-state index in [9.17, 15) is 4.79 Å². The van der Waals surface area contributed by atoms with Crippen LogP contribution in [0.15, 0.2) is 24.3 Å². The summed E-state index contributed by atoms with van der Waals surface area (Å²) in [5.74, 6) is 0. The van der Waals surface area contributed by atoms with Crippen LogP contribution in [0, 0.1) is 0 Å². The first-order chi connectivity index (χ1) is 6.86. The molecule has 3 rings (SSSR count). The molecule has 14 heavy (non-hydrogen) atoms. The van der Waals surface area contributed by atoms with Crippen LogP contribution in [0.3, 0.4) is 0 Å². The molecule has 0 radical (unpaired) electrons. The zero-order chi connectivity index (χ0) is 9.54. The second kappa shape index (κ2) is 2.74. The third kappa shape index (κ3) is 0.953. The minimum Gasteiger partial charge on any atom is -0.447 e.